The number of hydrogen-bond donors (Lipinski definition) is 14. The van der Waals surface area contributed by atoms with E-state index in [1.807, 2.05) is 0 Å². The molecule has 4 aliphatic rings. The second-order valence-corrected chi connectivity index (χ2v) is 14.2. The number of hydrogen-bond acceptors (Lipinski definition) is 22. The molecule has 16 atom stereocenters. The Labute approximate surface area is 337 Å². The molecule has 0 aliphatic carbocycles. The van der Waals surface area contributed by atoms with Crippen LogP contribution in [0.4, 0.5) is 0 Å². The Balaban J connectivity index is 1.41. The van der Waals surface area contributed by atoms with Gasteiger partial charge in [-0.3, -0.25) is 9.59 Å². The maximum Gasteiger partial charge on any atom is 0.317 e. The van der Waals surface area contributed by atoms with Crippen LogP contribution in [0, 0.1) is 0 Å². The molecule has 60 heavy (non-hydrogen) atoms. The number of phenols is 3. The van der Waals surface area contributed by atoms with Crippen molar-refractivity contribution in [2.75, 3.05) is 19.8 Å². The Hall–Kier alpha value is -4.64. The van der Waals surface area contributed by atoms with E-state index in [4.69, 9.17) is 38.3 Å². The number of rotatable bonds is 13. The lowest BCUT2D eigenvalue weighted by Gasteiger charge is -2.46. The molecule has 6 rings (SSSR count). The van der Waals surface area contributed by atoms with Crippen LogP contribution in [0.3, 0.4) is 0 Å². The van der Waals surface area contributed by atoms with Crippen LogP contribution in [-0.4, -0.2) is 200 Å². The number of benzene rings is 2. The second-order valence-electron chi connectivity index (χ2n) is 14.2. The molecule has 4 aliphatic heterocycles. The second kappa shape index (κ2) is 18.5. The molecule has 24 nitrogen and oxygen atoms in total. The predicted molar refractivity (Wildman–Crippen MR) is 188 cm³/mol. The number of phenolic OH excluding ortho intramolecular Hbond substituents is 3. The van der Waals surface area contributed by atoms with Crippen molar-refractivity contribution in [1.82, 2.24) is 0 Å². The molecular formula is C36H45O24+. The Morgan fingerprint density at radius 3 is 1.88 bits per heavy atom. The molecule has 15 N–H and O–H groups in total. The molecule has 3 fully saturated rings. The van der Waals surface area contributed by atoms with Gasteiger partial charge in [-0.05, 0) is 18.2 Å². The van der Waals surface area contributed by atoms with Crippen LogP contribution in [0.25, 0.3) is 6.08 Å². The van der Waals surface area contributed by atoms with Gasteiger partial charge in [-0.1, -0.05) is 0 Å². The van der Waals surface area contributed by atoms with Crippen molar-refractivity contribution in [2.45, 2.75) is 105 Å². The van der Waals surface area contributed by atoms with Gasteiger partial charge in [0.05, 0.1) is 24.8 Å². The summed E-state index contributed by atoms with van der Waals surface area (Å²) >= 11 is 0. The number of carbonyl (C=O) groups excluding carboxylic acids is 1. The average Bonchev–Trinajstić information content (AvgIpc) is 3.20. The van der Waals surface area contributed by atoms with Crippen molar-refractivity contribution in [2.24, 2.45) is 0 Å². The summed E-state index contributed by atoms with van der Waals surface area (Å²) in [5.41, 5.74) is 0.0600. The molecule has 4 heterocycles. The van der Waals surface area contributed by atoms with Gasteiger partial charge in [-0.15, -0.1) is 0 Å². The van der Waals surface area contributed by atoms with Gasteiger partial charge in [-0.25, -0.2) is 0 Å². The minimum Gasteiger partial charge on any atom is -0.571 e. The molecule has 0 spiro atoms. The van der Waals surface area contributed by atoms with Crippen molar-refractivity contribution in [1.29, 1.82) is 0 Å². The molecule has 3 saturated heterocycles. The van der Waals surface area contributed by atoms with Gasteiger partial charge in [0.1, 0.15) is 97.2 Å². The number of aliphatic hydroxyl groups is 11. The van der Waals surface area contributed by atoms with Crippen molar-refractivity contribution in [3.63, 3.8) is 0 Å². The van der Waals surface area contributed by atoms with Gasteiger partial charge >= 0.3 is 11.9 Å². The number of aliphatic carboxylic acids is 1. The van der Waals surface area contributed by atoms with Gasteiger partial charge in [0.25, 0.3) is 11.9 Å². The molecule has 0 radical (unpaired) electrons. The monoisotopic (exact) mass is 861 g/mol. The zero-order valence-electron chi connectivity index (χ0n) is 30.9. The molecule has 332 valence electrons. The number of aromatic hydroxyl groups is 4. The number of aliphatic hydroxyl groups excluding tert-OH is 10. The highest BCUT2D eigenvalue weighted by Crippen LogP contribution is 2.47. The SMILES string of the molecule is O=C(O)CC(=O)OCC1OC(OC2=Cc3c(OC4OC(CO)C(O)C(O)C4O)cc(O)cc3[OH+]C2c2ccc(O)c(O)c2)C(OC2OC(CO)C(O)C(O)C2O)C(O)C1O. The van der Waals surface area contributed by atoms with Gasteiger partial charge < -0.3 is 109 Å². The lowest BCUT2D eigenvalue weighted by Crippen LogP contribution is -2.64. The minimum atomic E-state index is -2.11. The summed E-state index contributed by atoms with van der Waals surface area (Å²) in [4.78, 5) is 23.1. The van der Waals surface area contributed by atoms with E-state index in [0.29, 0.717) is 0 Å². The maximum absolute atomic E-state index is 12.1. The summed E-state index contributed by atoms with van der Waals surface area (Å²) in [5, 5.41) is 145. The van der Waals surface area contributed by atoms with Gasteiger partial charge in [-0.2, -0.15) is 0 Å². The Morgan fingerprint density at radius 1 is 0.667 bits per heavy atom. The third-order valence-corrected chi connectivity index (χ3v) is 10.1. The van der Waals surface area contributed by atoms with Crippen LogP contribution in [0.15, 0.2) is 36.1 Å². The zero-order valence-corrected chi connectivity index (χ0v) is 30.9. The van der Waals surface area contributed by atoms with Crippen LogP contribution in [-0.2, 0) is 38.0 Å². The van der Waals surface area contributed by atoms with E-state index in [1.165, 1.54) is 18.2 Å². The summed E-state index contributed by atoms with van der Waals surface area (Å²) in [5.74, 6) is -5.04. The van der Waals surface area contributed by atoms with E-state index in [-0.39, 0.29) is 28.4 Å². The highest BCUT2D eigenvalue weighted by Gasteiger charge is 2.53. The minimum absolute atomic E-state index is 0.0408. The first-order chi connectivity index (χ1) is 28.4. The van der Waals surface area contributed by atoms with Gasteiger partial charge in [0.15, 0.2) is 29.7 Å². The molecule has 0 bridgehead atoms. The van der Waals surface area contributed by atoms with Crippen molar-refractivity contribution in [3.8, 4) is 28.7 Å². The first kappa shape index (κ1) is 44.9. The molecule has 2 aromatic carbocycles. The smallest absolute Gasteiger partial charge is 0.317 e. The summed E-state index contributed by atoms with van der Waals surface area (Å²) in [6.07, 6.45) is -28.9. The Bertz CT molecular complexity index is 1870. The van der Waals surface area contributed by atoms with Gasteiger partial charge in [0.2, 0.25) is 12.6 Å². The standard InChI is InChI=1S/C36H44O24/c37-8-19-24(45)27(48)30(51)34(57-19)55-17-5-12(39)4-16-13(17)6-18(32(54-16)11-1-2-14(40)15(41)3-11)56-36-33(60-35-31(52)28(49)25(46)20(9-38)58-35)29(50)26(47)21(59-36)10-53-23(44)7-22(42)43/h1-6,19-21,24-41,45-52H,7-10H2,(H,42,43)/p+1. The number of fused-ring (bicyclic) bond motifs is 1. The van der Waals surface area contributed by atoms with Gasteiger partial charge in [0, 0.05) is 12.1 Å². The Morgan fingerprint density at radius 2 is 1.27 bits per heavy atom. The highest BCUT2D eigenvalue weighted by molar-refractivity contribution is 5.90. The van der Waals surface area contributed by atoms with Crippen molar-refractivity contribution in [3.05, 3.63) is 47.2 Å². The maximum atomic E-state index is 12.1. The van der Waals surface area contributed by atoms with E-state index in [0.717, 1.165) is 18.2 Å². The van der Waals surface area contributed by atoms with E-state index in [2.05, 4.69) is 4.74 Å². The van der Waals surface area contributed by atoms with Crippen molar-refractivity contribution < 1.29 is 119 Å². The lowest BCUT2D eigenvalue weighted by atomic mass is 9.97. The number of carboxylic acids is 1. The Kier molecular flexibility index (Phi) is 13.9. The third kappa shape index (κ3) is 9.31. The first-order valence-corrected chi connectivity index (χ1v) is 18.2. The summed E-state index contributed by atoms with van der Waals surface area (Å²) in [7, 11) is 0. The van der Waals surface area contributed by atoms with Crippen LogP contribution in [0.1, 0.15) is 23.7 Å². The largest absolute Gasteiger partial charge is 0.571 e. The van der Waals surface area contributed by atoms with E-state index in [9.17, 15) is 76.0 Å². The van der Waals surface area contributed by atoms with Crippen molar-refractivity contribution >= 4 is 18.0 Å². The number of ether oxygens (including phenoxy) is 8. The number of carboxylic acid groups (broad SMARTS) is 1. The molecule has 16 unspecified atom stereocenters. The fourth-order valence-corrected chi connectivity index (χ4v) is 6.81. The third-order valence-electron chi connectivity index (χ3n) is 10.1. The molecule has 0 amide bonds. The normalized spacial score (nSPS) is 36.6. The fourth-order valence-electron chi connectivity index (χ4n) is 6.81. The van der Waals surface area contributed by atoms with E-state index >= 15 is 0 Å². The van der Waals surface area contributed by atoms with Crippen LogP contribution < -0.4 is 4.74 Å². The average molecular weight is 862 g/mol. The topological polar surface area (TPSA) is 395 Å². The van der Waals surface area contributed by atoms with E-state index in [1.54, 1.807) is 0 Å². The quantitative estimate of drug-likeness (QED) is 0.0388. The van der Waals surface area contributed by atoms with Crippen LogP contribution in [0.2, 0.25) is 0 Å². The zero-order chi connectivity index (χ0) is 43.7. The number of esters is 1. The molecular weight excluding hydrogens is 816 g/mol. The molecule has 0 aromatic heterocycles. The van der Waals surface area contributed by atoms with E-state index < -0.39 is 154 Å². The number of carbonyl (C=O) groups is 2. The molecule has 0 saturated carbocycles. The lowest BCUT2D eigenvalue weighted by molar-refractivity contribution is -0.364. The first-order valence-electron chi connectivity index (χ1n) is 18.2. The summed E-state index contributed by atoms with van der Waals surface area (Å²) in [6, 6.07) is 5.72. The summed E-state index contributed by atoms with van der Waals surface area (Å²) in [6.45, 7) is -2.54. The van der Waals surface area contributed by atoms with Crippen LogP contribution >= 0.6 is 0 Å². The highest BCUT2D eigenvalue weighted by atomic mass is 16.8. The predicted octanol–water partition coefficient (Wildman–Crippen LogP) is -5.01. The van der Waals surface area contributed by atoms with Crippen LogP contribution in [0.5, 0.6) is 28.7 Å². The fraction of sp³-hybridized carbons (Fsp3) is 0.556. The molecule has 2 aromatic rings. The summed E-state index contributed by atoms with van der Waals surface area (Å²) < 4.78 is 44.3. The molecule has 24 heteroatoms.